The van der Waals surface area contributed by atoms with E-state index in [1.54, 1.807) is 25.1 Å². The number of carbonyl (C=O) groups excluding carboxylic acids is 1. The molecule has 0 atom stereocenters. The molecule has 3 aromatic rings. The molecule has 0 unspecified atom stereocenters. The highest BCUT2D eigenvalue weighted by Gasteiger charge is 2.12. The average molecular weight is 328 g/mol. The highest BCUT2D eigenvalue weighted by atomic mass is 35.5. The van der Waals surface area contributed by atoms with Gasteiger partial charge >= 0.3 is 0 Å². The number of benzene rings is 2. The van der Waals surface area contributed by atoms with Crippen LogP contribution in [-0.2, 0) is 11.2 Å². The Bertz CT molecular complexity index is 936. The Labute approximate surface area is 137 Å². The van der Waals surface area contributed by atoms with E-state index in [1.807, 2.05) is 30.3 Å². The van der Waals surface area contributed by atoms with Crippen molar-refractivity contribution in [3.05, 3.63) is 75.3 Å². The minimum atomic E-state index is -0.351. The van der Waals surface area contributed by atoms with Crippen LogP contribution in [0.4, 0.5) is 0 Å². The topological polar surface area (TPSA) is 64.0 Å². The Morgan fingerprint density at radius 3 is 2.65 bits per heavy atom. The van der Waals surface area contributed by atoms with E-state index in [2.05, 4.69) is 10.4 Å². The molecule has 0 radical (unpaired) electrons. The largest absolute Gasteiger partial charge is 0.280 e. The number of hydrogen-bond acceptors (Lipinski definition) is 3. The summed E-state index contributed by atoms with van der Waals surface area (Å²) in [6.45, 7) is 1.65. The van der Waals surface area contributed by atoms with E-state index in [0.717, 1.165) is 10.2 Å². The second-order valence-corrected chi connectivity index (χ2v) is 5.54. The lowest BCUT2D eigenvalue weighted by Gasteiger charge is -2.12. The Morgan fingerprint density at radius 2 is 1.91 bits per heavy atom. The molecule has 2 aromatic carbocycles. The van der Waals surface area contributed by atoms with Gasteiger partial charge in [-0.2, -0.15) is 0 Å². The summed E-state index contributed by atoms with van der Waals surface area (Å²) in [7, 11) is 0. The number of nitrogens with one attached hydrogen (secondary N) is 1. The van der Waals surface area contributed by atoms with Crippen LogP contribution in [0.1, 0.15) is 11.4 Å². The number of para-hydroxylation sites is 1. The number of halogens is 1. The van der Waals surface area contributed by atoms with Gasteiger partial charge in [0.25, 0.3) is 5.56 Å². The van der Waals surface area contributed by atoms with Gasteiger partial charge in [-0.15, -0.1) is 0 Å². The summed E-state index contributed by atoms with van der Waals surface area (Å²) < 4.78 is 1.16. The van der Waals surface area contributed by atoms with Crippen molar-refractivity contribution >= 4 is 28.4 Å². The summed E-state index contributed by atoms with van der Waals surface area (Å²) >= 11 is 6.07. The molecule has 0 saturated carbocycles. The van der Waals surface area contributed by atoms with Crippen molar-refractivity contribution in [2.45, 2.75) is 13.3 Å². The average Bonchev–Trinajstić information content (AvgIpc) is 2.53. The molecular formula is C17H14ClN3O2. The molecule has 0 aliphatic heterocycles. The maximum atomic E-state index is 12.5. The van der Waals surface area contributed by atoms with Gasteiger partial charge in [-0.05, 0) is 24.6 Å². The van der Waals surface area contributed by atoms with Gasteiger partial charge in [0, 0.05) is 0 Å². The number of aromatic nitrogens is 2. The van der Waals surface area contributed by atoms with Gasteiger partial charge in [0.15, 0.2) is 0 Å². The van der Waals surface area contributed by atoms with Crippen LogP contribution in [0, 0.1) is 6.92 Å². The van der Waals surface area contributed by atoms with Crippen molar-refractivity contribution in [3.63, 3.8) is 0 Å². The quantitative estimate of drug-likeness (QED) is 0.804. The predicted octanol–water partition coefficient (Wildman–Crippen LogP) is 2.67. The molecule has 0 aliphatic rings. The fourth-order valence-corrected chi connectivity index (χ4v) is 2.57. The molecule has 1 amide bonds. The highest BCUT2D eigenvalue weighted by Crippen LogP contribution is 2.18. The minimum absolute atomic E-state index is 0.181. The lowest BCUT2D eigenvalue weighted by Crippen LogP contribution is -2.36. The standard InChI is InChI=1S/C17H14ClN3O2/c1-11-19-16-13(8-5-9-14(16)18)17(23)21(11)20-15(22)10-12-6-3-2-4-7-12/h2-9H,10H2,1H3,(H,20,22). The van der Waals surface area contributed by atoms with Gasteiger partial charge < -0.3 is 0 Å². The van der Waals surface area contributed by atoms with Crippen molar-refractivity contribution in [2.24, 2.45) is 0 Å². The Balaban J connectivity index is 1.94. The molecule has 6 heteroatoms. The Morgan fingerprint density at radius 1 is 1.17 bits per heavy atom. The van der Waals surface area contributed by atoms with Gasteiger partial charge in [0.2, 0.25) is 5.91 Å². The monoisotopic (exact) mass is 327 g/mol. The van der Waals surface area contributed by atoms with E-state index in [0.29, 0.717) is 21.7 Å². The van der Waals surface area contributed by atoms with Crippen molar-refractivity contribution < 1.29 is 4.79 Å². The predicted molar refractivity (Wildman–Crippen MR) is 90.3 cm³/mol. The van der Waals surface area contributed by atoms with Crippen molar-refractivity contribution in [2.75, 3.05) is 5.43 Å². The third-order valence-corrected chi connectivity index (χ3v) is 3.77. The number of carbonyl (C=O) groups is 1. The van der Waals surface area contributed by atoms with Crippen molar-refractivity contribution in [1.29, 1.82) is 0 Å². The molecule has 0 aliphatic carbocycles. The molecule has 116 valence electrons. The zero-order chi connectivity index (χ0) is 16.4. The van der Waals surface area contributed by atoms with Gasteiger partial charge in [0.1, 0.15) is 5.82 Å². The first kappa shape index (κ1) is 15.2. The van der Waals surface area contributed by atoms with Crippen LogP contribution in [0.25, 0.3) is 10.9 Å². The fourth-order valence-electron chi connectivity index (χ4n) is 2.36. The molecular weight excluding hydrogens is 314 g/mol. The van der Waals surface area contributed by atoms with Gasteiger partial charge in [-0.3, -0.25) is 15.0 Å². The van der Waals surface area contributed by atoms with Crippen LogP contribution >= 0.6 is 11.6 Å². The highest BCUT2D eigenvalue weighted by molar-refractivity contribution is 6.34. The Hall–Kier alpha value is -2.66. The first-order valence-electron chi connectivity index (χ1n) is 7.08. The Kier molecular flexibility index (Phi) is 4.12. The summed E-state index contributed by atoms with van der Waals surface area (Å²) in [6, 6.07) is 14.3. The van der Waals surface area contributed by atoms with Crippen molar-refractivity contribution in [3.8, 4) is 0 Å². The van der Waals surface area contributed by atoms with Crippen LogP contribution < -0.4 is 11.0 Å². The van der Waals surface area contributed by atoms with E-state index in [4.69, 9.17) is 11.6 Å². The molecule has 1 N–H and O–H groups in total. The SMILES string of the molecule is Cc1nc2c(Cl)cccc2c(=O)n1NC(=O)Cc1ccccc1. The number of rotatable bonds is 3. The van der Waals surface area contributed by atoms with E-state index < -0.39 is 0 Å². The molecule has 0 bridgehead atoms. The van der Waals surface area contributed by atoms with E-state index in [-0.39, 0.29) is 17.9 Å². The fraction of sp³-hybridized carbons (Fsp3) is 0.118. The third kappa shape index (κ3) is 3.10. The maximum absolute atomic E-state index is 12.5. The zero-order valence-corrected chi connectivity index (χ0v) is 13.2. The number of amides is 1. The van der Waals surface area contributed by atoms with Crippen LogP contribution in [0.2, 0.25) is 5.02 Å². The lowest BCUT2D eigenvalue weighted by atomic mass is 10.1. The minimum Gasteiger partial charge on any atom is -0.273 e. The van der Waals surface area contributed by atoms with Crippen LogP contribution in [0.5, 0.6) is 0 Å². The van der Waals surface area contributed by atoms with E-state index >= 15 is 0 Å². The number of fused-ring (bicyclic) bond motifs is 1. The van der Waals surface area contributed by atoms with Crippen molar-refractivity contribution in [1.82, 2.24) is 9.66 Å². The summed E-state index contributed by atoms with van der Waals surface area (Å²) in [4.78, 5) is 29.0. The van der Waals surface area contributed by atoms with Gasteiger partial charge in [0.05, 0.1) is 22.3 Å². The number of aryl methyl sites for hydroxylation is 1. The molecule has 0 fully saturated rings. The lowest BCUT2D eigenvalue weighted by molar-refractivity contribution is -0.116. The van der Waals surface area contributed by atoms with E-state index in [9.17, 15) is 9.59 Å². The maximum Gasteiger partial charge on any atom is 0.280 e. The van der Waals surface area contributed by atoms with Gasteiger partial charge in [-0.1, -0.05) is 48.0 Å². The van der Waals surface area contributed by atoms with Gasteiger partial charge in [-0.25, -0.2) is 9.66 Å². The van der Waals surface area contributed by atoms with E-state index in [1.165, 1.54) is 0 Å². The molecule has 1 heterocycles. The third-order valence-electron chi connectivity index (χ3n) is 3.46. The summed E-state index contributed by atoms with van der Waals surface area (Å²) in [5, 5.41) is 0.772. The number of nitrogens with zero attached hydrogens (tertiary/aromatic N) is 2. The molecule has 0 saturated heterocycles. The second kappa shape index (κ2) is 6.22. The summed E-state index contributed by atoms with van der Waals surface area (Å²) in [6.07, 6.45) is 0.181. The zero-order valence-electron chi connectivity index (χ0n) is 12.4. The van der Waals surface area contributed by atoms with Crippen LogP contribution in [-0.4, -0.2) is 15.6 Å². The first-order valence-corrected chi connectivity index (χ1v) is 7.46. The first-order chi connectivity index (χ1) is 11.1. The number of hydrogen-bond donors (Lipinski definition) is 1. The molecule has 5 nitrogen and oxygen atoms in total. The smallest absolute Gasteiger partial charge is 0.273 e. The molecule has 1 aromatic heterocycles. The molecule has 3 rings (SSSR count). The normalized spacial score (nSPS) is 10.7. The summed E-state index contributed by atoms with van der Waals surface area (Å²) in [5.41, 5.74) is 3.55. The van der Waals surface area contributed by atoms with Crippen LogP contribution in [0.3, 0.4) is 0 Å². The van der Waals surface area contributed by atoms with Crippen LogP contribution in [0.15, 0.2) is 53.3 Å². The second-order valence-electron chi connectivity index (χ2n) is 5.13. The molecule has 23 heavy (non-hydrogen) atoms. The molecule has 0 spiro atoms. The summed E-state index contributed by atoms with van der Waals surface area (Å²) in [5.74, 6) is 0.0848.